The standard InChI is InChI=1S/C14H30N2O2/c1-3-16(4-2)10-8-15-9-12-17-13-14-7-5-6-11-18-14/h14-15H,3-13H2,1-2H3. The van der Waals surface area contributed by atoms with Gasteiger partial charge < -0.3 is 19.7 Å². The summed E-state index contributed by atoms with van der Waals surface area (Å²) in [4.78, 5) is 2.42. The van der Waals surface area contributed by atoms with Crippen LogP contribution in [0.3, 0.4) is 0 Å². The summed E-state index contributed by atoms with van der Waals surface area (Å²) in [5.41, 5.74) is 0. The molecule has 1 N–H and O–H groups in total. The number of nitrogens with zero attached hydrogens (tertiary/aromatic N) is 1. The molecule has 18 heavy (non-hydrogen) atoms. The van der Waals surface area contributed by atoms with E-state index in [2.05, 4.69) is 24.1 Å². The van der Waals surface area contributed by atoms with E-state index >= 15 is 0 Å². The highest BCUT2D eigenvalue weighted by Gasteiger charge is 2.13. The molecule has 1 fully saturated rings. The fourth-order valence-corrected chi connectivity index (χ4v) is 2.20. The smallest absolute Gasteiger partial charge is 0.0808 e. The van der Waals surface area contributed by atoms with E-state index in [4.69, 9.17) is 9.47 Å². The third kappa shape index (κ3) is 7.31. The van der Waals surface area contributed by atoms with Crippen LogP contribution in [0, 0.1) is 0 Å². The van der Waals surface area contributed by atoms with Crippen molar-refractivity contribution in [3.8, 4) is 0 Å². The van der Waals surface area contributed by atoms with Gasteiger partial charge in [-0.1, -0.05) is 13.8 Å². The normalized spacial score (nSPS) is 20.5. The molecule has 0 radical (unpaired) electrons. The second-order valence-corrected chi connectivity index (χ2v) is 4.84. The van der Waals surface area contributed by atoms with Crippen LogP contribution in [0.2, 0.25) is 0 Å². The summed E-state index contributed by atoms with van der Waals surface area (Å²) in [5.74, 6) is 0. The molecule has 108 valence electrons. The Labute approximate surface area is 112 Å². The van der Waals surface area contributed by atoms with Crippen molar-refractivity contribution in [1.82, 2.24) is 10.2 Å². The van der Waals surface area contributed by atoms with Crippen LogP contribution in [-0.2, 0) is 9.47 Å². The van der Waals surface area contributed by atoms with Crippen molar-refractivity contribution in [3.05, 3.63) is 0 Å². The van der Waals surface area contributed by atoms with E-state index in [1.807, 2.05) is 0 Å². The molecule has 1 aliphatic heterocycles. The summed E-state index contributed by atoms with van der Waals surface area (Å²) in [6.07, 6.45) is 4.00. The largest absolute Gasteiger partial charge is 0.377 e. The molecular weight excluding hydrogens is 228 g/mol. The molecule has 0 amide bonds. The van der Waals surface area contributed by atoms with Gasteiger partial charge in [-0.3, -0.25) is 0 Å². The Bertz CT molecular complexity index is 181. The van der Waals surface area contributed by atoms with E-state index in [1.165, 1.54) is 12.8 Å². The third-order valence-electron chi connectivity index (χ3n) is 3.50. The van der Waals surface area contributed by atoms with Gasteiger partial charge in [0.05, 0.1) is 19.3 Å². The molecule has 1 saturated heterocycles. The molecule has 1 aliphatic rings. The zero-order valence-corrected chi connectivity index (χ0v) is 12.1. The van der Waals surface area contributed by atoms with Gasteiger partial charge in [-0.2, -0.15) is 0 Å². The predicted molar refractivity (Wildman–Crippen MR) is 75.1 cm³/mol. The molecule has 0 aliphatic carbocycles. The highest BCUT2D eigenvalue weighted by molar-refractivity contribution is 4.62. The van der Waals surface area contributed by atoms with Crippen molar-refractivity contribution in [1.29, 1.82) is 0 Å². The zero-order valence-electron chi connectivity index (χ0n) is 12.1. The van der Waals surface area contributed by atoms with Gasteiger partial charge >= 0.3 is 0 Å². The summed E-state index contributed by atoms with van der Waals surface area (Å²) in [7, 11) is 0. The number of hydrogen-bond acceptors (Lipinski definition) is 4. The molecule has 0 saturated carbocycles. The van der Waals surface area contributed by atoms with Crippen molar-refractivity contribution < 1.29 is 9.47 Å². The van der Waals surface area contributed by atoms with Crippen LogP contribution in [0.15, 0.2) is 0 Å². The summed E-state index contributed by atoms with van der Waals surface area (Å²) >= 11 is 0. The molecule has 1 heterocycles. The minimum Gasteiger partial charge on any atom is -0.377 e. The molecule has 1 atom stereocenters. The van der Waals surface area contributed by atoms with E-state index in [0.29, 0.717) is 6.10 Å². The average Bonchev–Trinajstić information content (AvgIpc) is 2.43. The van der Waals surface area contributed by atoms with Crippen LogP contribution in [0.25, 0.3) is 0 Å². The zero-order chi connectivity index (χ0) is 13.1. The van der Waals surface area contributed by atoms with Crippen LogP contribution < -0.4 is 5.32 Å². The molecule has 1 unspecified atom stereocenters. The SMILES string of the molecule is CCN(CC)CCNCCOCC1CCCCO1. The topological polar surface area (TPSA) is 33.7 Å². The van der Waals surface area contributed by atoms with Gasteiger partial charge in [0.15, 0.2) is 0 Å². The van der Waals surface area contributed by atoms with Gasteiger partial charge in [-0.05, 0) is 32.4 Å². The second-order valence-electron chi connectivity index (χ2n) is 4.84. The molecule has 0 spiro atoms. The van der Waals surface area contributed by atoms with Crippen molar-refractivity contribution in [2.24, 2.45) is 0 Å². The van der Waals surface area contributed by atoms with Gasteiger partial charge in [-0.25, -0.2) is 0 Å². The van der Waals surface area contributed by atoms with E-state index in [9.17, 15) is 0 Å². The predicted octanol–water partition coefficient (Wildman–Crippen LogP) is 1.50. The van der Waals surface area contributed by atoms with E-state index in [-0.39, 0.29) is 0 Å². The second kappa shape index (κ2) is 10.7. The lowest BCUT2D eigenvalue weighted by atomic mass is 10.1. The Morgan fingerprint density at radius 1 is 1.22 bits per heavy atom. The van der Waals surface area contributed by atoms with Gasteiger partial charge in [0.2, 0.25) is 0 Å². The number of nitrogens with one attached hydrogen (secondary N) is 1. The number of ether oxygens (including phenoxy) is 2. The Morgan fingerprint density at radius 3 is 2.72 bits per heavy atom. The van der Waals surface area contributed by atoms with Crippen molar-refractivity contribution >= 4 is 0 Å². The first-order valence-electron chi connectivity index (χ1n) is 7.49. The quantitative estimate of drug-likeness (QED) is 0.602. The maximum absolute atomic E-state index is 5.63. The molecule has 0 aromatic carbocycles. The van der Waals surface area contributed by atoms with Crippen LogP contribution >= 0.6 is 0 Å². The molecule has 0 aromatic heterocycles. The van der Waals surface area contributed by atoms with Crippen molar-refractivity contribution in [3.63, 3.8) is 0 Å². The van der Waals surface area contributed by atoms with Crippen LogP contribution in [0.4, 0.5) is 0 Å². The summed E-state index contributed by atoms with van der Waals surface area (Å²) in [6.45, 7) is 12.2. The van der Waals surface area contributed by atoms with Crippen molar-refractivity contribution in [2.75, 3.05) is 52.5 Å². The van der Waals surface area contributed by atoms with Gasteiger partial charge in [0.1, 0.15) is 0 Å². The van der Waals surface area contributed by atoms with Crippen LogP contribution in [0.1, 0.15) is 33.1 Å². The van der Waals surface area contributed by atoms with Crippen LogP contribution in [-0.4, -0.2) is 63.5 Å². The number of hydrogen-bond donors (Lipinski definition) is 1. The Balaban J connectivity index is 1.83. The summed E-state index contributed by atoms with van der Waals surface area (Å²) < 4.78 is 11.2. The first kappa shape index (κ1) is 15.9. The molecule has 4 nitrogen and oxygen atoms in total. The van der Waals surface area contributed by atoms with E-state index in [0.717, 1.165) is 59.0 Å². The average molecular weight is 258 g/mol. The lowest BCUT2D eigenvalue weighted by Gasteiger charge is -2.22. The Kier molecular flexibility index (Phi) is 9.48. The summed E-state index contributed by atoms with van der Waals surface area (Å²) in [5, 5.41) is 3.41. The fourth-order valence-electron chi connectivity index (χ4n) is 2.20. The van der Waals surface area contributed by atoms with Crippen molar-refractivity contribution in [2.45, 2.75) is 39.2 Å². The Hall–Kier alpha value is -0.160. The molecule has 0 aromatic rings. The lowest BCUT2D eigenvalue weighted by Crippen LogP contribution is -2.33. The van der Waals surface area contributed by atoms with Crippen LogP contribution in [0.5, 0.6) is 0 Å². The summed E-state index contributed by atoms with van der Waals surface area (Å²) in [6, 6.07) is 0. The first-order chi connectivity index (χ1) is 8.86. The van der Waals surface area contributed by atoms with Gasteiger partial charge in [0, 0.05) is 26.2 Å². The fraction of sp³-hybridized carbons (Fsp3) is 1.00. The lowest BCUT2D eigenvalue weighted by molar-refractivity contribution is -0.0398. The van der Waals surface area contributed by atoms with E-state index in [1.54, 1.807) is 0 Å². The first-order valence-corrected chi connectivity index (χ1v) is 7.49. The molecule has 1 rings (SSSR count). The maximum Gasteiger partial charge on any atom is 0.0808 e. The van der Waals surface area contributed by atoms with Gasteiger partial charge in [-0.15, -0.1) is 0 Å². The highest BCUT2D eigenvalue weighted by atomic mass is 16.5. The number of likely N-dealkylation sites (N-methyl/N-ethyl adjacent to an activating group) is 1. The van der Waals surface area contributed by atoms with E-state index < -0.39 is 0 Å². The third-order valence-corrected chi connectivity index (χ3v) is 3.50. The minimum atomic E-state index is 0.342. The minimum absolute atomic E-state index is 0.342. The molecule has 4 heteroatoms. The Morgan fingerprint density at radius 2 is 2.06 bits per heavy atom. The molecular formula is C14H30N2O2. The monoisotopic (exact) mass is 258 g/mol. The van der Waals surface area contributed by atoms with Gasteiger partial charge in [0.25, 0.3) is 0 Å². The molecule has 0 bridgehead atoms. The highest BCUT2D eigenvalue weighted by Crippen LogP contribution is 2.12. The maximum atomic E-state index is 5.63. The number of rotatable bonds is 10.